The van der Waals surface area contributed by atoms with Gasteiger partial charge in [0, 0.05) is 0 Å². The maximum Gasteiger partial charge on any atom is 0.122 e. The third-order valence-electron chi connectivity index (χ3n) is 4.68. The highest BCUT2D eigenvalue weighted by molar-refractivity contribution is 5.42. The molecule has 2 atom stereocenters. The predicted molar refractivity (Wildman–Crippen MR) is 86.7 cm³/mol. The van der Waals surface area contributed by atoms with Gasteiger partial charge in [-0.2, -0.15) is 0 Å². The van der Waals surface area contributed by atoms with E-state index in [2.05, 4.69) is 52.8 Å². The van der Waals surface area contributed by atoms with Crippen molar-refractivity contribution in [2.24, 2.45) is 5.41 Å². The Hall–Kier alpha value is -0.980. The minimum absolute atomic E-state index is 0.309. The van der Waals surface area contributed by atoms with E-state index in [0.717, 1.165) is 18.8 Å². The van der Waals surface area contributed by atoms with E-state index in [1.165, 1.54) is 30.4 Å². The highest BCUT2D eigenvalue weighted by Crippen LogP contribution is 2.45. The first kappa shape index (κ1) is 15.4. The topological polar surface area (TPSA) is 9.23 Å². The molecule has 0 aromatic heterocycles. The molecule has 0 aliphatic carbocycles. The van der Waals surface area contributed by atoms with Crippen LogP contribution < -0.4 is 4.74 Å². The minimum Gasteiger partial charge on any atom is -0.493 e. The second-order valence-electron chi connectivity index (χ2n) is 7.40. The van der Waals surface area contributed by atoms with Crippen LogP contribution in [0.5, 0.6) is 5.75 Å². The number of benzene rings is 1. The van der Waals surface area contributed by atoms with Gasteiger partial charge in [0.1, 0.15) is 5.75 Å². The average molecular weight is 274 g/mol. The van der Waals surface area contributed by atoms with Crippen molar-refractivity contribution < 1.29 is 4.74 Å². The van der Waals surface area contributed by atoms with Crippen molar-refractivity contribution in [1.82, 2.24) is 0 Å². The van der Waals surface area contributed by atoms with Crippen LogP contribution in [0.15, 0.2) is 18.2 Å². The van der Waals surface area contributed by atoms with Crippen LogP contribution in [0.3, 0.4) is 0 Å². The Kier molecular flexibility index (Phi) is 4.78. The van der Waals surface area contributed by atoms with E-state index < -0.39 is 0 Å². The quantitative estimate of drug-likeness (QED) is 0.665. The Morgan fingerprint density at radius 1 is 1.30 bits per heavy atom. The molecule has 0 saturated carbocycles. The van der Waals surface area contributed by atoms with Crippen LogP contribution in [0.4, 0.5) is 0 Å². The molecule has 2 unspecified atom stereocenters. The van der Waals surface area contributed by atoms with Crippen molar-refractivity contribution in [3.05, 3.63) is 29.3 Å². The van der Waals surface area contributed by atoms with Gasteiger partial charge < -0.3 is 4.74 Å². The molecule has 0 spiro atoms. The molecule has 20 heavy (non-hydrogen) atoms. The molecule has 0 radical (unpaired) electrons. The minimum atomic E-state index is 0.309. The summed E-state index contributed by atoms with van der Waals surface area (Å²) in [4.78, 5) is 0. The molecule has 0 amide bonds. The molecule has 112 valence electrons. The summed E-state index contributed by atoms with van der Waals surface area (Å²) in [6.45, 7) is 12.5. The van der Waals surface area contributed by atoms with Crippen LogP contribution in [0, 0.1) is 5.41 Å². The van der Waals surface area contributed by atoms with Gasteiger partial charge in [0.05, 0.1) is 6.61 Å². The van der Waals surface area contributed by atoms with E-state index in [0.29, 0.717) is 17.3 Å². The molecule has 1 aliphatic rings. The third kappa shape index (κ3) is 3.37. The monoisotopic (exact) mass is 274 g/mol. The Morgan fingerprint density at radius 2 is 2.05 bits per heavy atom. The Labute approximate surface area is 124 Å². The second-order valence-corrected chi connectivity index (χ2v) is 7.40. The molecule has 2 rings (SSSR count). The number of hydrogen-bond donors (Lipinski definition) is 0. The molecule has 0 saturated heterocycles. The largest absolute Gasteiger partial charge is 0.493 e. The van der Waals surface area contributed by atoms with Crippen LogP contribution >= 0.6 is 0 Å². The number of fused-ring (bicyclic) bond motifs is 1. The summed E-state index contributed by atoms with van der Waals surface area (Å²) >= 11 is 0. The zero-order valence-corrected chi connectivity index (χ0v) is 13.8. The first-order valence-corrected chi connectivity index (χ1v) is 8.20. The fraction of sp³-hybridized carbons (Fsp3) is 0.684. The molecule has 1 heterocycles. The molecule has 0 bridgehead atoms. The molecule has 0 N–H and O–H groups in total. The maximum atomic E-state index is 5.86. The molecular formula is C19H30O. The van der Waals surface area contributed by atoms with Gasteiger partial charge in [-0.3, -0.25) is 0 Å². The molecule has 1 aromatic rings. The summed E-state index contributed by atoms with van der Waals surface area (Å²) < 4.78 is 5.86. The van der Waals surface area contributed by atoms with Gasteiger partial charge in [0.25, 0.3) is 0 Å². The molecule has 1 nitrogen and oxygen atoms in total. The average Bonchev–Trinajstić information content (AvgIpc) is 2.42. The van der Waals surface area contributed by atoms with E-state index in [-0.39, 0.29) is 0 Å². The summed E-state index contributed by atoms with van der Waals surface area (Å²) in [7, 11) is 0. The van der Waals surface area contributed by atoms with E-state index in [9.17, 15) is 0 Å². The fourth-order valence-corrected chi connectivity index (χ4v) is 3.30. The van der Waals surface area contributed by atoms with Crippen molar-refractivity contribution in [2.75, 3.05) is 6.61 Å². The van der Waals surface area contributed by atoms with Gasteiger partial charge in [-0.15, -0.1) is 0 Å². The van der Waals surface area contributed by atoms with Gasteiger partial charge in [-0.25, -0.2) is 0 Å². The highest BCUT2D eigenvalue weighted by Gasteiger charge is 2.31. The summed E-state index contributed by atoms with van der Waals surface area (Å²) in [5.41, 5.74) is 3.23. The van der Waals surface area contributed by atoms with Crippen LogP contribution in [-0.2, 0) is 0 Å². The lowest BCUT2D eigenvalue weighted by atomic mass is 9.73. The van der Waals surface area contributed by atoms with Crippen LogP contribution in [0.1, 0.15) is 83.3 Å². The first-order chi connectivity index (χ1) is 9.43. The number of ether oxygens (including phenoxy) is 1. The lowest BCUT2D eigenvalue weighted by Gasteiger charge is -2.36. The van der Waals surface area contributed by atoms with Crippen LogP contribution in [0.2, 0.25) is 0 Å². The van der Waals surface area contributed by atoms with Gasteiger partial charge >= 0.3 is 0 Å². The van der Waals surface area contributed by atoms with Crippen molar-refractivity contribution in [1.29, 1.82) is 0 Å². The molecule has 0 fully saturated rings. The first-order valence-electron chi connectivity index (χ1n) is 8.20. The zero-order valence-electron chi connectivity index (χ0n) is 13.8. The van der Waals surface area contributed by atoms with E-state index in [4.69, 9.17) is 4.74 Å². The Bertz CT molecular complexity index is 442. The lowest BCUT2D eigenvalue weighted by molar-refractivity contribution is 0.203. The van der Waals surface area contributed by atoms with Crippen LogP contribution in [0.25, 0.3) is 0 Å². The van der Waals surface area contributed by atoms with Gasteiger partial charge in [-0.05, 0) is 47.3 Å². The van der Waals surface area contributed by atoms with Crippen LogP contribution in [-0.4, -0.2) is 6.61 Å². The van der Waals surface area contributed by atoms with E-state index >= 15 is 0 Å². The van der Waals surface area contributed by atoms with Gasteiger partial charge in [-0.1, -0.05) is 59.6 Å². The lowest BCUT2D eigenvalue weighted by Crippen LogP contribution is -2.25. The maximum absolute atomic E-state index is 5.86. The molecule has 1 heteroatoms. The smallest absolute Gasteiger partial charge is 0.122 e. The summed E-state index contributed by atoms with van der Waals surface area (Å²) in [6.07, 6.45) is 5.03. The normalized spacial score (nSPS) is 20.1. The Morgan fingerprint density at radius 3 is 2.70 bits per heavy atom. The van der Waals surface area contributed by atoms with Gasteiger partial charge in [0.15, 0.2) is 0 Å². The Balaban J connectivity index is 2.28. The van der Waals surface area contributed by atoms with E-state index in [1.807, 2.05) is 0 Å². The van der Waals surface area contributed by atoms with Crippen molar-refractivity contribution >= 4 is 0 Å². The number of unbranched alkanes of at least 4 members (excludes halogenated alkanes) is 1. The fourth-order valence-electron chi connectivity index (χ4n) is 3.30. The molecule has 1 aliphatic heterocycles. The SMILES string of the molecule is CCCCC(C)c1ccc2c(c1)C(C(C)(C)C)CCO2. The summed E-state index contributed by atoms with van der Waals surface area (Å²) in [5, 5.41) is 0. The third-order valence-corrected chi connectivity index (χ3v) is 4.68. The second kappa shape index (κ2) is 6.20. The van der Waals surface area contributed by atoms with Crippen molar-refractivity contribution in [3.8, 4) is 5.75 Å². The summed E-state index contributed by atoms with van der Waals surface area (Å²) in [6, 6.07) is 6.89. The summed E-state index contributed by atoms with van der Waals surface area (Å²) in [5.74, 6) is 2.38. The standard InChI is InChI=1S/C19H30O/c1-6-7-8-14(2)15-9-10-18-16(13-15)17(11-12-20-18)19(3,4)5/h9-10,13-14,17H,6-8,11-12H2,1-5H3. The zero-order chi connectivity index (χ0) is 14.8. The molecular weight excluding hydrogens is 244 g/mol. The van der Waals surface area contributed by atoms with Crippen molar-refractivity contribution in [2.45, 2.75) is 72.1 Å². The van der Waals surface area contributed by atoms with Crippen molar-refractivity contribution in [3.63, 3.8) is 0 Å². The highest BCUT2D eigenvalue weighted by atomic mass is 16.5. The number of rotatable bonds is 4. The van der Waals surface area contributed by atoms with Gasteiger partial charge in [0.2, 0.25) is 0 Å². The predicted octanol–water partition coefficient (Wildman–Crippen LogP) is 5.89. The molecule has 1 aromatic carbocycles. The number of hydrogen-bond acceptors (Lipinski definition) is 1. The van der Waals surface area contributed by atoms with E-state index in [1.54, 1.807) is 0 Å².